The highest BCUT2D eigenvalue weighted by atomic mass is 16.3. The molecular formula is C20H37N5O. The van der Waals surface area contributed by atoms with Crippen molar-refractivity contribution in [3.8, 4) is 0 Å². The lowest BCUT2D eigenvalue weighted by molar-refractivity contribution is 0.215. The molecule has 6 heteroatoms. The summed E-state index contributed by atoms with van der Waals surface area (Å²) in [5.41, 5.74) is 0. The maximum absolute atomic E-state index is 5.68. The molecule has 1 aromatic heterocycles. The first-order valence-electron chi connectivity index (χ1n) is 10.0. The van der Waals surface area contributed by atoms with Gasteiger partial charge in [0.05, 0.1) is 12.3 Å². The van der Waals surface area contributed by atoms with E-state index in [2.05, 4.69) is 52.4 Å². The second-order valence-electron chi connectivity index (χ2n) is 7.44. The summed E-state index contributed by atoms with van der Waals surface area (Å²) in [4.78, 5) is 9.25. The van der Waals surface area contributed by atoms with Crippen LogP contribution in [-0.4, -0.2) is 68.6 Å². The van der Waals surface area contributed by atoms with Crippen molar-refractivity contribution >= 4 is 5.96 Å². The molecule has 1 aromatic rings. The number of unbranched alkanes of at least 4 members (excludes halogenated alkanes) is 1. The van der Waals surface area contributed by atoms with Gasteiger partial charge in [0, 0.05) is 26.2 Å². The van der Waals surface area contributed by atoms with Crippen LogP contribution >= 0.6 is 0 Å². The summed E-state index contributed by atoms with van der Waals surface area (Å²) < 4.78 is 5.68. The van der Waals surface area contributed by atoms with Crippen molar-refractivity contribution in [3.05, 3.63) is 24.2 Å². The Kier molecular flexibility index (Phi) is 8.98. The zero-order chi connectivity index (χ0) is 18.8. The van der Waals surface area contributed by atoms with Gasteiger partial charge in [0.25, 0.3) is 0 Å². The minimum Gasteiger partial charge on any atom is -0.468 e. The number of nitrogens with zero attached hydrogens (tertiary/aromatic N) is 3. The predicted molar refractivity (Wildman–Crippen MR) is 109 cm³/mol. The Balaban J connectivity index is 1.72. The van der Waals surface area contributed by atoms with E-state index in [1.54, 1.807) is 6.26 Å². The molecule has 0 saturated carbocycles. The number of hydrogen-bond acceptors (Lipinski definition) is 4. The summed E-state index contributed by atoms with van der Waals surface area (Å²) in [5.74, 6) is 1.91. The molecule has 148 valence electrons. The van der Waals surface area contributed by atoms with E-state index in [4.69, 9.17) is 4.42 Å². The van der Waals surface area contributed by atoms with Crippen LogP contribution in [0.15, 0.2) is 27.8 Å². The number of aliphatic imine (C=N–C) groups is 1. The molecule has 0 spiro atoms. The normalized spacial score (nSPS) is 17.2. The Morgan fingerprint density at radius 3 is 2.65 bits per heavy atom. The molecule has 1 unspecified atom stereocenters. The molecule has 0 aliphatic carbocycles. The molecule has 1 atom stereocenters. The highest BCUT2D eigenvalue weighted by Gasteiger charge is 2.25. The molecule has 0 bridgehead atoms. The highest BCUT2D eigenvalue weighted by molar-refractivity contribution is 5.79. The molecule has 0 aromatic carbocycles. The lowest BCUT2D eigenvalue weighted by Crippen LogP contribution is -2.43. The molecule has 6 nitrogen and oxygen atoms in total. The molecule has 1 fully saturated rings. The van der Waals surface area contributed by atoms with Gasteiger partial charge in [-0.15, -0.1) is 0 Å². The second-order valence-corrected chi connectivity index (χ2v) is 7.44. The fraction of sp³-hybridized carbons (Fsp3) is 0.750. The summed E-state index contributed by atoms with van der Waals surface area (Å²) in [6.45, 7) is 9.65. The third-order valence-electron chi connectivity index (χ3n) is 5.25. The third-order valence-corrected chi connectivity index (χ3v) is 5.25. The van der Waals surface area contributed by atoms with Gasteiger partial charge >= 0.3 is 0 Å². The van der Waals surface area contributed by atoms with E-state index in [-0.39, 0.29) is 6.04 Å². The van der Waals surface area contributed by atoms with Crippen molar-refractivity contribution in [1.82, 2.24) is 20.4 Å². The SMILES string of the molecule is CN=C(NCCCCN(C)C(C)C)NCC(c1ccco1)N1CCCC1. The van der Waals surface area contributed by atoms with Crippen molar-refractivity contribution in [1.29, 1.82) is 0 Å². The first-order valence-corrected chi connectivity index (χ1v) is 10.0. The van der Waals surface area contributed by atoms with Crippen molar-refractivity contribution in [2.24, 2.45) is 4.99 Å². The fourth-order valence-electron chi connectivity index (χ4n) is 3.31. The summed E-state index contributed by atoms with van der Waals surface area (Å²) in [6, 6.07) is 4.93. The van der Waals surface area contributed by atoms with Crippen LogP contribution in [-0.2, 0) is 0 Å². The minimum absolute atomic E-state index is 0.269. The lowest BCUT2D eigenvalue weighted by Gasteiger charge is -2.26. The molecule has 1 aliphatic rings. The average Bonchev–Trinajstić information content (AvgIpc) is 3.34. The van der Waals surface area contributed by atoms with E-state index in [0.717, 1.165) is 50.9 Å². The second kappa shape index (κ2) is 11.2. The summed E-state index contributed by atoms with van der Waals surface area (Å²) in [7, 11) is 4.02. The van der Waals surface area contributed by atoms with E-state index < -0.39 is 0 Å². The summed E-state index contributed by atoms with van der Waals surface area (Å²) in [6.07, 6.45) is 6.65. The Labute approximate surface area is 159 Å². The molecule has 2 N–H and O–H groups in total. The van der Waals surface area contributed by atoms with Gasteiger partial charge in [0.15, 0.2) is 5.96 Å². The van der Waals surface area contributed by atoms with Crippen molar-refractivity contribution in [2.75, 3.05) is 46.8 Å². The third kappa shape index (κ3) is 6.65. The van der Waals surface area contributed by atoms with Gasteiger partial charge in [-0.1, -0.05) is 0 Å². The zero-order valence-electron chi connectivity index (χ0n) is 17.0. The van der Waals surface area contributed by atoms with Crippen LogP contribution in [0.25, 0.3) is 0 Å². The number of guanidine groups is 1. The van der Waals surface area contributed by atoms with Crippen LogP contribution in [0.4, 0.5) is 0 Å². The molecule has 2 heterocycles. The van der Waals surface area contributed by atoms with E-state index >= 15 is 0 Å². The first kappa shape index (κ1) is 20.8. The van der Waals surface area contributed by atoms with Gasteiger partial charge in [0.1, 0.15) is 5.76 Å². The quantitative estimate of drug-likeness (QED) is 0.380. The number of nitrogens with one attached hydrogen (secondary N) is 2. The Morgan fingerprint density at radius 1 is 1.27 bits per heavy atom. The Bertz CT molecular complexity index is 508. The van der Waals surface area contributed by atoms with Crippen LogP contribution in [0.1, 0.15) is 51.3 Å². The molecular weight excluding hydrogens is 326 g/mol. The predicted octanol–water partition coefficient (Wildman–Crippen LogP) is 2.70. The Morgan fingerprint density at radius 2 is 2.04 bits per heavy atom. The van der Waals surface area contributed by atoms with Gasteiger partial charge in [-0.25, -0.2) is 0 Å². The van der Waals surface area contributed by atoms with Crippen LogP contribution in [0.5, 0.6) is 0 Å². The van der Waals surface area contributed by atoms with Gasteiger partial charge in [-0.3, -0.25) is 9.89 Å². The summed E-state index contributed by atoms with van der Waals surface area (Å²) >= 11 is 0. The smallest absolute Gasteiger partial charge is 0.191 e. The number of likely N-dealkylation sites (tertiary alicyclic amines) is 1. The van der Waals surface area contributed by atoms with Gasteiger partial charge in [-0.2, -0.15) is 0 Å². The van der Waals surface area contributed by atoms with Crippen LogP contribution in [0.2, 0.25) is 0 Å². The zero-order valence-corrected chi connectivity index (χ0v) is 17.0. The molecule has 2 rings (SSSR count). The van der Waals surface area contributed by atoms with E-state index in [1.165, 1.54) is 19.3 Å². The molecule has 1 saturated heterocycles. The minimum atomic E-state index is 0.269. The van der Waals surface area contributed by atoms with Crippen LogP contribution < -0.4 is 10.6 Å². The van der Waals surface area contributed by atoms with E-state index in [9.17, 15) is 0 Å². The maximum Gasteiger partial charge on any atom is 0.191 e. The first-order chi connectivity index (χ1) is 12.6. The van der Waals surface area contributed by atoms with Gasteiger partial charge in [-0.05, 0) is 78.3 Å². The van der Waals surface area contributed by atoms with E-state index in [1.807, 2.05) is 13.1 Å². The number of hydrogen-bond donors (Lipinski definition) is 2. The Hall–Kier alpha value is -1.53. The number of rotatable bonds is 10. The van der Waals surface area contributed by atoms with Crippen molar-refractivity contribution < 1.29 is 4.42 Å². The largest absolute Gasteiger partial charge is 0.468 e. The molecule has 26 heavy (non-hydrogen) atoms. The topological polar surface area (TPSA) is 56.0 Å². The highest BCUT2D eigenvalue weighted by Crippen LogP contribution is 2.24. The van der Waals surface area contributed by atoms with Gasteiger partial charge in [0.2, 0.25) is 0 Å². The van der Waals surface area contributed by atoms with Gasteiger partial charge < -0.3 is 20.0 Å². The monoisotopic (exact) mass is 363 g/mol. The van der Waals surface area contributed by atoms with Crippen LogP contribution in [0.3, 0.4) is 0 Å². The summed E-state index contributed by atoms with van der Waals surface area (Å²) in [5, 5.41) is 6.91. The van der Waals surface area contributed by atoms with Crippen molar-refractivity contribution in [3.63, 3.8) is 0 Å². The number of furan rings is 1. The van der Waals surface area contributed by atoms with E-state index in [0.29, 0.717) is 6.04 Å². The fourth-order valence-corrected chi connectivity index (χ4v) is 3.31. The maximum atomic E-state index is 5.68. The molecule has 0 amide bonds. The average molecular weight is 364 g/mol. The molecule has 1 aliphatic heterocycles. The van der Waals surface area contributed by atoms with Crippen molar-refractivity contribution in [2.45, 2.75) is 51.6 Å². The standard InChI is InChI=1S/C20H37N5O/c1-17(2)24(4)12-6-5-11-22-20(21-3)23-16-18(19-10-9-15-26-19)25-13-7-8-14-25/h9-10,15,17-18H,5-8,11-14,16H2,1-4H3,(H2,21,22,23). The van der Waals surface area contributed by atoms with Crippen LogP contribution in [0, 0.1) is 0 Å². The lowest BCUT2D eigenvalue weighted by atomic mass is 10.2. The molecule has 0 radical (unpaired) electrons.